The summed E-state index contributed by atoms with van der Waals surface area (Å²) in [5.41, 5.74) is 0. The first-order chi connectivity index (χ1) is 27.4. The van der Waals surface area contributed by atoms with E-state index < -0.39 is 6.10 Å². The van der Waals surface area contributed by atoms with E-state index >= 15 is 0 Å². The van der Waals surface area contributed by atoms with Crippen molar-refractivity contribution in [3.05, 3.63) is 0 Å². The highest BCUT2D eigenvalue weighted by molar-refractivity contribution is 5.71. The van der Waals surface area contributed by atoms with E-state index in [0.717, 1.165) is 63.7 Å². The third-order valence-electron chi connectivity index (χ3n) is 11.3. The molecule has 0 aliphatic heterocycles. The van der Waals surface area contributed by atoms with Gasteiger partial charge in [-0.05, 0) is 25.2 Å². The van der Waals surface area contributed by atoms with Gasteiger partial charge in [-0.3, -0.25) is 14.4 Å². The van der Waals surface area contributed by atoms with Crippen LogP contribution in [0.3, 0.4) is 0 Å². The van der Waals surface area contributed by atoms with Gasteiger partial charge in [0.1, 0.15) is 13.2 Å². The lowest BCUT2D eigenvalue weighted by Gasteiger charge is -2.18. The van der Waals surface area contributed by atoms with E-state index in [1.807, 2.05) is 0 Å². The number of esters is 3. The second-order valence-corrected chi connectivity index (χ2v) is 17.6. The predicted octanol–water partition coefficient (Wildman–Crippen LogP) is 15.9. The predicted molar refractivity (Wildman–Crippen MR) is 238 cm³/mol. The number of unbranched alkanes of at least 4 members (excludes halogenated alkanes) is 32. The molecule has 0 spiro atoms. The lowest BCUT2D eigenvalue weighted by molar-refractivity contribution is -0.167. The summed E-state index contributed by atoms with van der Waals surface area (Å²) in [6, 6.07) is 0. The van der Waals surface area contributed by atoms with Gasteiger partial charge in [0.05, 0.1) is 0 Å². The number of carbonyl (C=O) groups is 3. The highest BCUT2D eigenvalue weighted by atomic mass is 16.6. The highest BCUT2D eigenvalue weighted by Gasteiger charge is 2.19. The van der Waals surface area contributed by atoms with Crippen LogP contribution in [0, 0.1) is 5.92 Å². The molecule has 0 aromatic carbocycles. The quantitative estimate of drug-likeness (QED) is 0.0347. The molecule has 0 N–H and O–H groups in total. The number of hydrogen-bond donors (Lipinski definition) is 0. The average molecular weight is 793 g/mol. The van der Waals surface area contributed by atoms with E-state index in [0.29, 0.717) is 19.3 Å². The van der Waals surface area contributed by atoms with Gasteiger partial charge in [-0.1, -0.05) is 240 Å². The van der Waals surface area contributed by atoms with E-state index in [-0.39, 0.29) is 31.1 Å². The van der Waals surface area contributed by atoms with Gasteiger partial charge < -0.3 is 14.2 Å². The Morgan fingerprint density at radius 3 is 0.875 bits per heavy atom. The van der Waals surface area contributed by atoms with Gasteiger partial charge in [0, 0.05) is 19.3 Å². The Kier molecular flexibility index (Phi) is 43.2. The molecule has 0 unspecified atom stereocenters. The molecular weight excluding hydrogens is 697 g/mol. The zero-order valence-corrected chi connectivity index (χ0v) is 38.1. The summed E-state index contributed by atoms with van der Waals surface area (Å²) >= 11 is 0. The van der Waals surface area contributed by atoms with Gasteiger partial charge in [0.25, 0.3) is 0 Å². The standard InChI is InChI=1S/C50H96O6/c1-5-7-9-11-13-15-17-22-27-31-35-39-43-50(53)56-47(44-54-48(51)41-37-33-29-25-20-16-14-12-10-8-6-2)45-55-49(52)42-38-34-30-26-23-19-18-21-24-28-32-36-40-46(3)4/h46-47H,5-45H2,1-4H3/t47-/m0/s1. The highest BCUT2D eigenvalue weighted by Crippen LogP contribution is 2.17. The maximum atomic E-state index is 12.7. The van der Waals surface area contributed by atoms with E-state index in [9.17, 15) is 14.4 Å². The van der Waals surface area contributed by atoms with Gasteiger partial charge >= 0.3 is 17.9 Å². The molecule has 0 saturated carbocycles. The van der Waals surface area contributed by atoms with Crippen molar-refractivity contribution in [2.75, 3.05) is 13.2 Å². The summed E-state index contributed by atoms with van der Waals surface area (Å²) in [5.74, 6) is -0.0139. The maximum absolute atomic E-state index is 12.7. The van der Waals surface area contributed by atoms with E-state index in [1.165, 1.54) is 173 Å². The second kappa shape index (κ2) is 44.5. The topological polar surface area (TPSA) is 78.9 Å². The first-order valence-electron chi connectivity index (χ1n) is 24.9. The van der Waals surface area contributed by atoms with Crippen molar-refractivity contribution >= 4 is 17.9 Å². The molecule has 0 fully saturated rings. The second-order valence-electron chi connectivity index (χ2n) is 17.6. The zero-order chi connectivity index (χ0) is 41.0. The lowest BCUT2D eigenvalue weighted by Crippen LogP contribution is -2.30. The summed E-state index contributed by atoms with van der Waals surface area (Å²) in [4.78, 5) is 37.8. The Labute approximate surface area is 348 Å². The van der Waals surface area contributed by atoms with Crippen molar-refractivity contribution in [3.8, 4) is 0 Å². The monoisotopic (exact) mass is 793 g/mol. The Balaban J connectivity index is 4.30. The fourth-order valence-electron chi connectivity index (χ4n) is 7.51. The van der Waals surface area contributed by atoms with Crippen LogP contribution in [0.4, 0.5) is 0 Å². The lowest BCUT2D eigenvalue weighted by atomic mass is 10.0. The normalized spacial score (nSPS) is 11.9. The van der Waals surface area contributed by atoms with Crippen LogP contribution in [0.15, 0.2) is 0 Å². The van der Waals surface area contributed by atoms with E-state index in [4.69, 9.17) is 14.2 Å². The molecule has 0 bridgehead atoms. The number of hydrogen-bond acceptors (Lipinski definition) is 6. The maximum Gasteiger partial charge on any atom is 0.306 e. The van der Waals surface area contributed by atoms with Crippen LogP contribution in [0.5, 0.6) is 0 Å². The largest absolute Gasteiger partial charge is 0.462 e. The summed E-state index contributed by atoms with van der Waals surface area (Å²) in [6.07, 6.45) is 45.1. The van der Waals surface area contributed by atoms with Gasteiger partial charge in [-0.25, -0.2) is 0 Å². The van der Waals surface area contributed by atoms with Crippen LogP contribution in [0.2, 0.25) is 0 Å². The smallest absolute Gasteiger partial charge is 0.306 e. The van der Waals surface area contributed by atoms with Gasteiger partial charge in [-0.15, -0.1) is 0 Å². The molecule has 0 rings (SSSR count). The Morgan fingerprint density at radius 1 is 0.339 bits per heavy atom. The van der Waals surface area contributed by atoms with Crippen molar-refractivity contribution < 1.29 is 28.6 Å². The van der Waals surface area contributed by atoms with Gasteiger partial charge in [-0.2, -0.15) is 0 Å². The molecule has 0 aliphatic carbocycles. The Bertz CT molecular complexity index is 841. The molecule has 0 aliphatic rings. The van der Waals surface area contributed by atoms with Crippen LogP contribution < -0.4 is 0 Å². The fourth-order valence-corrected chi connectivity index (χ4v) is 7.51. The first kappa shape index (κ1) is 54.4. The van der Waals surface area contributed by atoms with Crippen molar-refractivity contribution in [2.45, 2.75) is 284 Å². The number of ether oxygens (including phenoxy) is 3. The summed E-state index contributed by atoms with van der Waals surface area (Å²) in [5, 5.41) is 0. The van der Waals surface area contributed by atoms with Crippen molar-refractivity contribution in [1.29, 1.82) is 0 Å². The zero-order valence-electron chi connectivity index (χ0n) is 38.1. The first-order valence-corrected chi connectivity index (χ1v) is 24.9. The van der Waals surface area contributed by atoms with Crippen molar-refractivity contribution in [2.24, 2.45) is 5.92 Å². The molecule has 0 amide bonds. The van der Waals surface area contributed by atoms with Crippen molar-refractivity contribution in [3.63, 3.8) is 0 Å². The fraction of sp³-hybridized carbons (Fsp3) is 0.940. The molecule has 6 nitrogen and oxygen atoms in total. The minimum atomic E-state index is -0.759. The third-order valence-corrected chi connectivity index (χ3v) is 11.3. The number of rotatable bonds is 45. The molecule has 0 heterocycles. The van der Waals surface area contributed by atoms with Gasteiger partial charge in [0.2, 0.25) is 0 Å². The third kappa shape index (κ3) is 43.5. The summed E-state index contributed by atoms with van der Waals surface area (Å²) in [7, 11) is 0. The van der Waals surface area contributed by atoms with Crippen LogP contribution in [0.1, 0.15) is 278 Å². The Hall–Kier alpha value is -1.59. The molecule has 1 atom stereocenters. The molecule has 0 aromatic rings. The molecule has 332 valence electrons. The SMILES string of the molecule is CCCCCCCCCCCCCCC(=O)O[C@@H](COC(=O)CCCCCCCCCCCCC)COC(=O)CCCCCCCCCCCCCCC(C)C. The minimum absolute atomic E-state index is 0.0630. The van der Waals surface area contributed by atoms with Crippen molar-refractivity contribution in [1.82, 2.24) is 0 Å². The average Bonchev–Trinajstić information content (AvgIpc) is 3.18. The van der Waals surface area contributed by atoms with Gasteiger partial charge in [0.15, 0.2) is 6.10 Å². The summed E-state index contributed by atoms with van der Waals surface area (Å²) < 4.78 is 16.8. The number of carbonyl (C=O) groups excluding carboxylic acids is 3. The van der Waals surface area contributed by atoms with Crippen LogP contribution in [-0.4, -0.2) is 37.2 Å². The molecule has 56 heavy (non-hydrogen) atoms. The van der Waals surface area contributed by atoms with Crippen LogP contribution >= 0.6 is 0 Å². The Morgan fingerprint density at radius 2 is 0.589 bits per heavy atom. The van der Waals surface area contributed by atoms with E-state index in [1.54, 1.807) is 0 Å². The molecule has 0 aromatic heterocycles. The molecular formula is C50H96O6. The van der Waals surface area contributed by atoms with Crippen LogP contribution in [0.25, 0.3) is 0 Å². The van der Waals surface area contributed by atoms with E-state index in [2.05, 4.69) is 27.7 Å². The molecule has 0 radical (unpaired) electrons. The minimum Gasteiger partial charge on any atom is -0.462 e. The summed E-state index contributed by atoms with van der Waals surface area (Å²) in [6.45, 7) is 9.01. The van der Waals surface area contributed by atoms with Crippen LogP contribution in [-0.2, 0) is 28.6 Å². The molecule has 0 saturated heterocycles. The molecule has 6 heteroatoms.